The molecule has 1 aromatic rings. The standard InChI is InChI=1S/C15H27N3/c1-11(2)16-10-15(4,13-6-7-13)9-14-8-12(3)17-18(14)5/h8,11,13,16H,6-7,9-10H2,1-5H3. The predicted molar refractivity (Wildman–Crippen MR) is 75.6 cm³/mol. The Labute approximate surface area is 111 Å². The van der Waals surface area contributed by atoms with Gasteiger partial charge in [-0.15, -0.1) is 0 Å². The molecule has 1 N–H and O–H groups in total. The van der Waals surface area contributed by atoms with E-state index in [1.165, 1.54) is 18.5 Å². The van der Waals surface area contributed by atoms with E-state index in [2.05, 4.69) is 51.2 Å². The molecule has 0 saturated heterocycles. The number of rotatable bonds is 6. The Bertz CT molecular complexity index is 404. The molecular weight excluding hydrogens is 222 g/mol. The van der Waals surface area contributed by atoms with Crippen LogP contribution in [-0.4, -0.2) is 22.4 Å². The van der Waals surface area contributed by atoms with Crippen molar-refractivity contribution in [3.8, 4) is 0 Å². The highest BCUT2D eigenvalue weighted by molar-refractivity contribution is 5.12. The molecule has 1 aromatic heterocycles. The number of hydrogen-bond donors (Lipinski definition) is 1. The van der Waals surface area contributed by atoms with Crippen LogP contribution in [0.5, 0.6) is 0 Å². The average Bonchev–Trinajstić information content (AvgIpc) is 3.05. The third-order valence-corrected chi connectivity index (χ3v) is 4.16. The van der Waals surface area contributed by atoms with E-state index in [1.54, 1.807) is 0 Å². The van der Waals surface area contributed by atoms with E-state index in [-0.39, 0.29) is 0 Å². The van der Waals surface area contributed by atoms with Gasteiger partial charge in [-0.25, -0.2) is 0 Å². The summed E-state index contributed by atoms with van der Waals surface area (Å²) < 4.78 is 2.05. The molecule has 1 unspecified atom stereocenters. The molecule has 18 heavy (non-hydrogen) atoms. The van der Waals surface area contributed by atoms with Gasteiger partial charge in [-0.05, 0) is 43.6 Å². The molecule has 1 atom stereocenters. The number of aryl methyl sites for hydroxylation is 2. The maximum Gasteiger partial charge on any atom is 0.0596 e. The second-order valence-electron chi connectivity index (χ2n) is 6.54. The first kappa shape index (κ1) is 13.6. The van der Waals surface area contributed by atoms with E-state index >= 15 is 0 Å². The van der Waals surface area contributed by atoms with Crippen molar-refractivity contribution in [1.29, 1.82) is 0 Å². The van der Waals surface area contributed by atoms with Gasteiger partial charge in [0.2, 0.25) is 0 Å². The summed E-state index contributed by atoms with van der Waals surface area (Å²) in [6, 6.07) is 2.80. The first-order valence-corrected chi connectivity index (χ1v) is 7.13. The minimum atomic E-state index is 0.379. The van der Waals surface area contributed by atoms with E-state index in [1.807, 2.05) is 4.68 Å². The van der Waals surface area contributed by atoms with E-state index in [9.17, 15) is 0 Å². The van der Waals surface area contributed by atoms with Crippen molar-refractivity contribution in [1.82, 2.24) is 15.1 Å². The van der Waals surface area contributed by atoms with Crippen LogP contribution >= 0.6 is 0 Å². The molecule has 102 valence electrons. The van der Waals surface area contributed by atoms with E-state index in [0.29, 0.717) is 11.5 Å². The summed E-state index contributed by atoms with van der Waals surface area (Å²) in [6.07, 6.45) is 3.93. The highest BCUT2D eigenvalue weighted by Gasteiger charge is 2.41. The first-order valence-electron chi connectivity index (χ1n) is 7.13. The van der Waals surface area contributed by atoms with Crippen molar-refractivity contribution in [3.05, 3.63) is 17.5 Å². The number of nitrogens with one attached hydrogen (secondary N) is 1. The molecular formula is C15H27N3. The molecule has 1 fully saturated rings. The summed E-state index contributed by atoms with van der Waals surface area (Å²) in [5.41, 5.74) is 2.87. The maximum absolute atomic E-state index is 4.47. The van der Waals surface area contributed by atoms with Crippen LogP contribution in [0.1, 0.15) is 45.0 Å². The zero-order valence-electron chi connectivity index (χ0n) is 12.5. The molecule has 0 bridgehead atoms. The Hall–Kier alpha value is -0.830. The lowest BCUT2D eigenvalue weighted by Gasteiger charge is -2.31. The Morgan fingerprint density at radius 1 is 1.50 bits per heavy atom. The maximum atomic E-state index is 4.47. The Morgan fingerprint density at radius 3 is 2.61 bits per heavy atom. The molecule has 3 nitrogen and oxygen atoms in total. The molecule has 0 amide bonds. The van der Waals surface area contributed by atoms with Crippen LogP contribution in [0.25, 0.3) is 0 Å². The van der Waals surface area contributed by atoms with Crippen molar-refractivity contribution in [2.45, 2.75) is 53.0 Å². The van der Waals surface area contributed by atoms with Gasteiger partial charge < -0.3 is 5.32 Å². The molecule has 1 saturated carbocycles. The van der Waals surface area contributed by atoms with Crippen molar-refractivity contribution < 1.29 is 0 Å². The minimum Gasteiger partial charge on any atom is -0.314 e. The summed E-state index contributed by atoms with van der Waals surface area (Å²) in [5, 5.41) is 8.09. The van der Waals surface area contributed by atoms with Crippen LogP contribution in [-0.2, 0) is 13.5 Å². The molecule has 1 heterocycles. The van der Waals surface area contributed by atoms with Gasteiger partial charge in [-0.1, -0.05) is 20.8 Å². The Balaban J connectivity index is 2.08. The SMILES string of the molecule is Cc1cc(CC(C)(CNC(C)C)C2CC2)n(C)n1. The fourth-order valence-electron chi connectivity index (χ4n) is 2.81. The molecule has 0 radical (unpaired) electrons. The Kier molecular flexibility index (Phi) is 3.81. The largest absolute Gasteiger partial charge is 0.314 e. The van der Waals surface area contributed by atoms with Gasteiger partial charge in [0, 0.05) is 25.3 Å². The second kappa shape index (κ2) is 5.04. The first-order chi connectivity index (χ1) is 8.40. The normalized spacial score (nSPS) is 19.2. The summed E-state index contributed by atoms with van der Waals surface area (Å²) in [4.78, 5) is 0. The van der Waals surface area contributed by atoms with Crippen LogP contribution in [0.15, 0.2) is 6.07 Å². The topological polar surface area (TPSA) is 29.9 Å². The zero-order chi connectivity index (χ0) is 13.3. The predicted octanol–water partition coefficient (Wildman–Crippen LogP) is 2.69. The summed E-state index contributed by atoms with van der Waals surface area (Å²) >= 11 is 0. The Morgan fingerprint density at radius 2 is 2.17 bits per heavy atom. The third kappa shape index (κ3) is 3.14. The molecule has 1 aliphatic carbocycles. The highest BCUT2D eigenvalue weighted by atomic mass is 15.3. The molecule has 0 aliphatic heterocycles. The average molecular weight is 249 g/mol. The minimum absolute atomic E-state index is 0.379. The van der Waals surface area contributed by atoms with Gasteiger partial charge in [0.25, 0.3) is 0 Å². The van der Waals surface area contributed by atoms with Crippen LogP contribution in [0.2, 0.25) is 0 Å². The van der Waals surface area contributed by atoms with Gasteiger partial charge >= 0.3 is 0 Å². The van der Waals surface area contributed by atoms with Gasteiger partial charge in [0.05, 0.1) is 5.69 Å². The lowest BCUT2D eigenvalue weighted by molar-refractivity contribution is 0.243. The molecule has 0 aromatic carbocycles. The lowest BCUT2D eigenvalue weighted by atomic mass is 9.80. The van der Waals surface area contributed by atoms with Crippen molar-refractivity contribution in [3.63, 3.8) is 0 Å². The molecule has 2 rings (SSSR count). The monoisotopic (exact) mass is 249 g/mol. The number of nitrogens with zero attached hydrogens (tertiary/aromatic N) is 2. The summed E-state index contributed by atoms with van der Waals surface area (Å²) in [7, 11) is 2.06. The zero-order valence-corrected chi connectivity index (χ0v) is 12.5. The fourth-order valence-corrected chi connectivity index (χ4v) is 2.81. The van der Waals surface area contributed by atoms with Gasteiger partial charge in [-0.2, -0.15) is 5.10 Å². The van der Waals surface area contributed by atoms with Crippen molar-refractivity contribution in [2.75, 3.05) is 6.54 Å². The van der Waals surface area contributed by atoms with Gasteiger partial charge in [0.15, 0.2) is 0 Å². The molecule has 3 heteroatoms. The van der Waals surface area contributed by atoms with Gasteiger partial charge in [0.1, 0.15) is 0 Å². The number of hydrogen-bond acceptors (Lipinski definition) is 2. The van der Waals surface area contributed by atoms with E-state index in [4.69, 9.17) is 0 Å². The lowest BCUT2D eigenvalue weighted by Crippen LogP contribution is -2.39. The summed E-state index contributed by atoms with van der Waals surface area (Å²) in [6.45, 7) is 10.1. The van der Waals surface area contributed by atoms with Gasteiger partial charge in [-0.3, -0.25) is 4.68 Å². The van der Waals surface area contributed by atoms with Crippen molar-refractivity contribution >= 4 is 0 Å². The van der Waals surface area contributed by atoms with E-state index < -0.39 is 0 Å². The quantitative estimate of drug-likeness (QED) is 0.840. The highest BCUT2D eigenvalue weighted by Crippen LogP contribution is 2.47. The number of aromatic nitrogens is 2. The van der Waals surface area contributed by atoms with Crippen molar-refractivity contribution in [2.24, 2.45) is 18.4 Å². The summed E-state index contributed by atoms with van der Waals surface area (Å²) in [5.74, 6) is 0.888. The third-order valence-electron chi connectivity index (χ3n) is 4.16. The molecule has 0 spiro atoms. The van der Waals surface area contributed by atoms with Crippen LogP contribution < -0.4 is 5.32 Å². The van der Waals surface area contributed by atoms with E-state index in [0.717, 1.165) is 24.6 Å². The van der Waals surface area contributed by atoms with Crippen LogP contribution in [0.3, 0.4) is 0 Å². The van der Waals surface area contributed by atoms with Crippen LogP contribution in [0, 0.1) is 18.3 Å². The fraction of sp³-hybridized carbons (Fsp3) is 0.800. The smallest absolute Gasteiger partial charge is 0.0596 e. The van der Waals surface area contributed by atoms with Crippen LogP contribution in [0.4, 0.5) is 0 Å². The molecule has 1 aliphatic rings. The second-order valence-corrected chi connectivity index (χ2v) is 6.54.